The lowest BCUT2D eigenvalue weighted by atomic mass is 9.99. The standard InChI is InChI=1S/C45H80O10/c1-3-5-7-9-11-13-15-17-19-21-23-25-27-29-31-33-40(47)52-36-38(37-53-45-44(51)43(50)42(49)39(35-46)55-45)54-41(48)34-32-30-28-26-24-22-20-18-16-14-12-10-8-6-4-2/h11,13,17,19,23,25,38-39,42-46,49-51H,3-10,12,14-16,18,20-22,24,26-37H2,1-2H3/b13-11+,19-17+,25-23+/t38-,39-,42+,43?,44?,45-/m0/s1. The average molecular weight is 781 g/mol. The molecule has 0 amide bonds. The monoisotopic (exact) mass is 781 g/mol. The molecule has 0 radical (unpaired) electrons. The summed E-state index contributed by atoms with van der Waals surface area (Å²) in [7, 11) is 0. The zero-order valence-corrected chi connectivity index (χ0v) is 34.7. The maximum atomic E-state index is 12.8. The molecule has 1 fully saturated rings. The third kappa shape index (κ3) is 28.0. The van der Waals surface area contributed by atoms with Gasteiger partial charge in [0.05, 0.1) is 13.2 Å². The molecule has 0 aromatic heterocycles. The summed E-state index contributed by atoms with van der Waals surface area (Å²) >= 11 is 0. The number of unbranched alkanes of at least 4 members (excludes halogenated alkanes) is 19. The normalized spacial score (nSPS) is 20.9. The van der Waals surface area contributed by atoms with Crippen LogP contribution in [0.25, 0.3) is 0 Å². The van der Waals surface area contributed by atoms with Crippen LogP contribution in [-0.4, -0.2) is 89.0 Å². The first-order valence-electron chi connectivity index (χ1n) is 22.1. The molecule has 6 atom stereocenters. The van der Waals surface area contributed by atoms with Crippen molar-refractivity contribution in [3.8, 4) is 0 Å². The number of allylic oxidation sites excluding steroid dienone is 6. The molecule has 1 saturated heterocycles. The first-order valence-corrected chi connectivity index (χ1v) is 22.1. The van der Waals surface area contributed by atoms with Crippen molar-refractivity contribution in [1.82, 2.24) is 0 Å². The highest BCUT2D eigenvalue weighted by atomic mass is 16.7. The van der Waals surface area contributed by atoms with Crippen LogP contribution in [0.2, 0.25) is 0 Å². The van der Waals surface area contributed by atoms with Crippen LogP contribution in [-0.2, 0) is 28.5 Å². The van der Waals surface area contributed by atoms with Crippen molar-refractivity contribution in [3.63, 3.8) is 0 Å². The van der Waals surface area contributed by atoms with Gasteiger partial charge in [0.2, 0.25) is 0 Å². The van der Waals surface area contributed by atoms with Crippen molar-refractivity contribution in [2.24, 2.45) is 0 Å². The van der Waals surface area contributed by atoms with Crippen LogP contribution in [0.4, 0.5) is 0 Å². The predicted octanol–water partition coefficient (Wildman–Crippen LogP) is 9.11. The highest BCUT2D eigenvalue weighted by molar-refractivity contribution is 5.70. The highest BCUT2D eigenvalue weighted by Gasteiger charge is 2.44. The second kappa shape index (κ2) is 36.3. The van der Waals surface area contributed by atoms with Crippen LogP contribution in [0.15, 0.2) is 36.5 Å². The van der Waals surface area contributed by atoms with Gasteiger partial charge in [0, 0.05) is 12.8 Å². The highest BCUT2D eigenvalue weighted by Crippen LogP contribution is 2.22. The van der Waals surface area contributed by atoms with Crippen molar-refractivity contribution >= 4 is 11.9 Å². The molecule has 1 rings (SSSR count). The lowest BCUT2D eigenvalue weighted by Gasteiger charge is -2.39. The minimum absolute atomic E-state index is 0.224. The number of esters is 2. The molecular formula is C45H80O10. The first kappa shape index (κ1) is 50.9. The van der Waals surface area contributed by atoms with E-state index in [9.17, 15) is 30.0 Å². The maximum absolute atomic E-state index is 12.8. The van der Waals surface area contributed by atoms with Gasteiger partial charge in [-0.2, -0.15) is 0 Å². The number of ether oxygens (including phenoxy) is 4. The molecule has 0 bridgehead atoms. The number of rotatable bonds is 36. The minimum Gasteiger partial charge on any atom is -0.462 e. The molecule has 320 valence electrons. The van der Waals surface area contributed by atoms with Gasteiger partial charge in [-0.25, -0.2) is 0 Å². The summed E-state index contributed by atoms with van der Waals surface area (Å²) in [5.74, 6) is -0.848. The van der Waals surface area contributed by atoms with Gasteiger partial charge in [-0.1, -0.05) is 153 Å². The lowest BCUT2D eigenvalue weighted by molar-refractivity contribution is -0.305. The number of aliphatic hydroxyl groups excluding tert-OH is 4. The van der Waals surface area contributed by atoms with E-state index < -0.39 is 55.4 Å². The fourth-order valence-electron chi connectivity index (χ4n) is 6.49. The van der Waals surface area contributed by atoms with Crippen molar-refractivity contribution in [2.75, 3.05) is 19.8 Å². The van der Waals surface area contributed by atoms with Gasteiger partial charge in [-0.3, -0.25) is 9.59 Å². The Morgan fingerprint density at radius 1 is 0.564 bits per heavy atom. The number of carbonyl (C=O) groups is 2. The smallest absolute Gasteiger partial charge is 0.306 e. The summed E-state index contributed by atoms with van der Waals surface area (Å²) in [6.07, 6.45) is 32.9. The summed E-state index contributed by atoms with van der Waals surface area (Å²) in [4.78, 5) is 25.3. The maximum Gasteiger partial charge on any atom is 0.306 e. The van der Waals surface area contributed by atoms with Crippen LogP contribution in [0.5, 0.6) is 0 Å². The van der Waals surface area contributed by atoms with E-state index in [1.807, 2.05) is 0 Å². The van der Waals surface area contributed by atoms with Crippen LogP contribution < -0.4 is 0 Å². The third-order valence-corrected chi connectivity index (χ3v) is 10.0. The second-order valence-corrected chi connectivity index (χ2v) is 15.2. The molecule has 2 unspecified atom stereocenters. The second-order valence-electron chi connectivity index (χ2n) is 15.2. The summed E-state index contributed by atoms with van der Waals surface area (Å²) in [6, 6.07) is 0. The average Bonchev–Trinajstić information content (AvgIpc) is 3.18. The van der Waals surface area contributed by atoms with E-state index in [4.69, 9.17) is 18.9 Å². The van der Waals surface area contributed by atoms with Gasteiger partial charge in [0.25, 0.3) is 0 Å². The fourth-order valence-corrected chi connectivity index (χ4v) is 6.49. The Labute approximate surface area is 334 Å². The van der Waals surface area contributed by atoms with E-state index in [0.717, 1.165) is 51.4 Å². The van der Waals surface area contributed by atoms with Gasteiger partial charge < -0.3 is 39.4 Å². The fraction of sp³-hybridized carbons (Fsp3) is 0.822. The summed E-state index contributed by atoms with van der Waals surface area (Å²) in [6.45, 7) is 3.36. The SMILES string of the molecule is CCCCC/C=C/C/C=C/C/C=C/CCCCC(=O)OC[C@@H](CO[C@H]1O[C@@H](CO)[C@@H](O)C(O)C1O)OC(=O)CCCCCCCCCCCCCCCCC. The molecule has 10 nitrogen and oxygen atoms in total. The lowest BCUT2D eigenvalue weighted by Crippen LogP contribution is -2.59. The van der Waals surface area contributed by atoms with E-state index in [1.54, 1.807) is 0 Å². The van der Waals surface area contributed by atoms with Crippen molar-refractivity contribution in [2.45, 2.75) is 218 Å². The molecule has 4 N–H and O–H groups in total. The molecular weight excluding hydrogens is 700 g/mol. The molecule has 0 spiro atoms. The number of carbonyl (C=O) groups excluding carboxylic acids is 2. The van der Waals surface area contributed by atoms with E-state index >= 15 is 0 Å². The van der Waals surface area contributed by atoms with E-state index in [0.29, 0.717) is 12.8 Å². The number of aliphatic hydroxyl groups is 4. The number of hydrogen-bond acceptors (Lipinski definition) is 10. The van der Waals surface area contributed by atoms with Crippen LogP contribution >= 0.6 is 0 Å². The van der Waals surface area contributed by atoms with Gasteiger partial charge in [0.1, 0.15) is 31.0 Å². The van der Waals surface area contributed by atoms with Crippen LogP contribution in [0.3, 0.4) is 0 Å². The zero-order chi connectivity index (χ0) is 40.2. The molecule has 1 aliphatic heterocycles. The summed E-state index contributed by atoms with van der Waals surface area (Å²) < 4.78 is 22.1. The Hall–Kier alpha value is -2.08. The van der Waals surface area contributed by atoms with E-state index in [1.165, 1.54) is 89.9 Å². The van der Waals surface area contributed by atoms with Crippen LogP contribution in [0, 0.1) is 0 Å². The molecule has 0 aromatic carbocycles. The topological polar surface area (TPSA) is 152 Å². The van der Waals surface area contributed by atoms with Gasteiger partial charge in [-0.15, -0.1) is 0 Å². The minimum atomic E-state index is -1.60. The molecule has 0 aromatic rings. The Morgan fingerprint density at radius 2 is 1.02 bits per heavy atom. The molecule has 1 heterocycles. The van der Waals surface area contributed by atoms with Gasteiger partial charge in [0.15, 0.2) is 12.4 Å². The third-order valence-electron chi connectivity index (χ3n) is 10.0. The van der Waals surface area contributed by atoms with Crippen molar-refractivity contribution in [3.05, 3.63) is 36.5 Å². The Kier molecular flexibility index (Phi) is 33.6. The quantitative estimate of drug-likeness (QED) is 0.0275. The summed E-state index contributed by atoms with van der Waals surface area (Å²) in [5.41, 5.74) is 0. The van der Waals surface area contributed by atoms with E-state index in [-0.39, 0.29) is 26.1 Å². The first-order chi connectivity index (χ1) is 26.8. The molecule has 0 saturated carbocycles. The van der Waals surface area contributed by atoms with Gasteiger partial charge in [-0.05, 0) is 51.4 Å². The predicted molar refractivity (Wildman–Crippen MR) is 219 cm³/mol. The Bertz CT molecular complexity index is 996. The molecule has 55 heavy (non-hydrogen) atoms. The molecule has 1 aliphatic rings. The number of hydrogen-bond donors (Lipinski definition) is 4. The largest absolute Gasteiger partial charge is 0.462 e. The zero-order valence-electron chi connectivity index (χ0n) is 34.7. The molecule has 0 aliphatic carbocycles. The van der Waals surface area contributed by atoms with Crippen molar-refractivity contribution < 1.29 is 49.0 Å². The Morgan fingerprint density at radius 3 is 1.56 bits per heavy atom. The van der Waals surface area contributed by atoms with Crippen molar-refractivity contribution in [1.29, 1.82) is 0 Å². The summed E-state index contributed by atoms with van der Waals surface area (Å²) in [5, 5.41) is 40.0. The Balaban J connectivity index is 2.37. The van der Waals surface area contributed by atoms with E-state index in [2.05, 4.69) is 50.3 Å². The van der Waals surface area contributed by atoms with Gasteiger partial charge >= 0.3 is 11.9 Å². The van der Waals surface area contributed by atoms with Crippen LogP contribution in [0.1, 0.15) is 181 Å². The molecule has 10 heteroatoms.